The molecule has 98 valence electrons. The zero-order chi connectivity index (χ0) is 13.1. The number of halogens is 2. The van der Waals surface area contributed by atoms with Gasteiger partial charge in [-0.1, -0.05) is 6.07 Å². The molecule has 1 aromatic rings. The standard InChI is InChI=1S/C13H15F2NO2/c1-9(12-10(14)3-2-4-11(12)15)13(17)16-5-7-18-8-6-16/h2-4,9H,5-8H2,1H3. The quantitative estimate of drug-likeness (QED) is 0.808. The van der Waals surface area contributed by atoms with Crippen LogP contribution in [0.15, 0.2) is 18.2 Å². The molecule has 18 heavy (non-hydrogen) atoms. The first-order valence-electron chi connectivity index (χ1n) is 5.91. The molecule has 0 saturated carbocycles. The highest BCUT2D eigenvalue weighted by atomic mass is 19.1. The van der Waals surface area contributed by atoms with Crippen molar-refractivity contribution < 1.29 is 18.3 Å². The molecular formula is C13H15F2NO2. The summed E-state index contributed by atoms with van der Waals surface area (Å²) in [6.45, 7) is 3.41. The van der Waals surface area contributed by atoms with Gasteiger partial charge in [0.05, 0.1) is 19.1 Å². The van der Waals surface area contributed by atoms with Crippen LogP contribution in [-0.4, -0.2) is 37.1 Å². The van der Waals surface area contributed by atoms with Gasteiger partial charge in [0.1, 0.15) is 11.6 Å². The molecule has 1 aromatic carbocycles. The van der Waals surface area contributed by atoms with Gasteiger partial charge in [0.2, 0.25) is 5.91 Å². The summed E-state index contributed by atoms with van der Waals surface area (Å²) in [5.74, 6) is -2.43. The van der Waals surface area contributed by atoms with Crippen molar-refractivity contribution in [2.75, 3.05) is 26.3 Å². The molecule has 1 saturated heterocycles. The molecule has 0 aromatic heterocycles. The highest BCUT2D eigenvalue weighted by Gasteiger charge is 2.27. The summed E-state index contributed by atoms with van der Waals surface area (Å²) in [5.41, 5.74) is -0.158. The van der Waals surface area contributed by atoms with E-state index < -0.39 is 17.6 Å². The minimum atomic E-state index is -0.815. The number of hydrogen-bond donors (Lipinski definition) is 0. The summed E-state index contributed by atoms with van der Waals surface area (Å²) in [4.78, 5) is 13.7. The van der Waals surface area contributed by atoms with Crippen molar-refractivity contribution >= 4 is 5.91 Å². The normalized spacial score (nSPS) is 17.6. The number of carbonyl (C=O) groups excluding carboxylic acids is 1. The Morgan fingerprint density at radius 2 is 1.83 bits per heavy atom. The Kier molecular flexibility index (Phi) is 3.91. The highest BCUT2D eigenvalue weighted by Crippen LogP contribution is 2.24. The number of benzene rings is 1. The van der Waals surface area contributed by atoms with Gasteiger partial charge in [-0.15, -0.1) is 0 Å². The van der Waals surface area contributed by atoms with Gasteiger partial charge in [0.25, 0.3) is 0 Å². The molecule has 1 amide bonds. The molecule has 1 unspecified atom stereocenters. The van der Waals surface area contributed by atoms with Crippen LogP contribution in [0.1, 0.15) is 18.4 Å². The van der Waals surface area contributed by atoms with E-state index >= 15 is 0 Å². The lowest BCUT2D eigenvalue weighted by molar-refractivity contribution is -0.136. The molecule has 0 aliphatic carbocycles. The van der Waals surface area contributed by atoms with Crippen LogP contribution < -0.4 is 0 Å². The predicted octanol–water partition coefficient (Wildman–Crippen LogP) is 1.93. The van der Waals surface area contributed by atoms with Crippen LogP contribution in [0.5, 0.6) is 0 Å². The fraction of sp³-hybridized carbons (Fsp3) is 0.462. The first kappa shape index (κ1) is 13.0. The smallest absolute Gasteiger partial charge is 0.230 e. The Hall–Kier alpha value is -1.49. The van der Waals surface area contributed by atoms with Gasteiger partial charge in [-0.2, -0.15) is 0 Å². The SMILES string of the molecule is CC(C(=O)N1CCOCC1)c1c(F)cccc1F. The molecule has 1 aliphatic rings. The molecule has 1 atom stereocenters. The lowest BCUT2D eigenvalue weighted by Crippen LogP contribution is -2.42. The van der Waals surface area contributed by atoms with Crippen molar-refractivity contribution in [2.24, 2.45) is 0 Å². The Bertz CT molecular complexity index is 424. The number of carbonyl (C=O) groups is 1. The molecule has 3 nitrogen and oxygen atoms in total. The summed E-state index contributed by atoms with van der Waals surface area (Å²) in [5, 5.41) is 0. The van der Waals surface area contributed by atoms with Gasteiger partial charge in [0, 0.05) is 18.7 Å². The second kappa shape index (κ2) is 5.44. The number of amides is 1. The average Bonchev–Trinajstić information content (AvgIpc) is 2.38. The van der Waals surface area contributed by atoms with Crippen molar-refractivity contribution in [3.63, 3.8) is 0 Å². The molecule has 0 spiro atoms. The third-order valence-electron chi connectivity index (χ3n) is 3.13. The van der Waals surface area contributed by atoms with E-state index in [0.717, 1.165) is 0 Å². The van der Waals surface area contributed by atoms with Gasteiger partial charge < -0.3 is 9.64 Å². The van der Waals surface area contributed by atoms with Gasteiger partial charge >= 0.3 is 0 Å². The van der Waals surface area contributed by atoms with Crippen LogP contribution in [0.4, 0.5) is 8.78 Å². The lowest BCUT2D eigenvalue weighted by atomic mass is 9.98. The fourth-order valence-electron chi connectivity index (χ4n) is 2.11. The number of hydrogen-bond acceptors (Lipinski definition) is 2. The summed E-state index contributed by atoms with van der Waals surface area (Å²) in [7, 11) is 0. The Morgan fingerprint density at radius 3 is 2.39 bits per heavy atom. The van der Waals surface area contributed by atoms with E-state index in [2.05, 4.69) is 0 Å². The summed E-state index contributed by atoms with van der Waals surface area (Å²) in [6, 6.07) is 3.63. The van der Waals surface area contributed by atoms with Crippen LogP contribution in [0.3, 0.4) is 0 Å². The van der Waals surface area contributed by atoms with Crippen LogP contribution >= 0.6 is 0 Å². The lowest BCUT2D eigenvalue weighted by Gasteiger charge is -2.29. The van der Waals surface area contributed by atoms with E-state index in [4.69, 9.17) is 4.74 Å². The maximum atomic E-state index is 13.6. The molecule has 1 aliphatic heterocycles. The number of nitrogens with zero attached hydrogens (tertiary/aromatic N) is 1. The Morgan fingerprint density at radius 1 is 1.28 bits per heavy atom. The second-order valence-corrected chi connectivity index (χ2v) is 4.29. The molecule has 5 heteroatoms. The van der Waals surface area contributed by atoms with Crippen LogP contribution in [0.25, 0.3) is 0 Å². The number of rotatable bonds is 2. The van der Waals surface area contributed by atoms with Crippen molar-refractivity contribution in [3.05, 3.63) is 35.4 Å². The zero-order valence-electron chi connectivity index (χ0n) is 10.2. The van der Waals surface area contributed by atoms with Crippen LogP contribution in [0.2, 0.25) is 0 Å². The van der Waals surface area contributed by atoms with Crippen molar-refractivity contribution in [1.82, 2.24) is 4.90 Å². The minimum Gasteiger partial charge on any atom is -0.378 e. The third kappa shape index (κ3) is 2.51. The van der Waals surface area contributed by atoms with Gasteiger partial charge in [-0.05, 0) is 19.1 Å². The van der Waals surface area contributed by atoms with Crippen molar-refractivity contribution in [3.8, 4) is 0 Å². The molecule has 0 bridgehead atoms. The first-order valence-corrected chi connectivity index (χ1v) is 5.91. The maximum absolute atomic E-state index is 13.6. The molecule has 0 N–H and O–H groups in total. The van der Waals surface area contributed by atoms with E-state index in [1.165, 1.54) is 25.1 Å². The van der Waals surface area contributed by atoms with Crippen molar-refractivity contribution in [1.29, 1.82) is 0 Å². The van der Waals surface area contributed by atoms with Crippen molar-refractivity contribution in [2.45, 2.75) is 12.8 Å². The van der Waals surface area contributed by atoms with E-state index in [-0.39, 0.29) is 11.5 Å². The average molecular weight is 255 g/mol. The highest BCUT2D eigenvalue weighted by molar-refractivity contribution is 5.83. The fourth-order valence-corrected chi connectivity index (χ4v) is 2.11. The van der Waals surface area contributed by atoms with Gasteiger partial charge in [-0.25, -0.2) is 8.78 Å². The molecule has 1 heterocycles. The summed E-state index contributed by atoms with van der Waals surface area (Å²) in [6.07, 6.45) is 0. The molecule has 0 radical (unpaired) electrons. The summed E-state index contributed by atoms with van der Waals surface area (Å²) < 4.78 is 32.3. The van der Waals surface area contributed by atoms with E-state index in [1.54, 1.807) is 4.90 Å². The largest absolute Gasteiger partial charge is 0.378 e. The topological polar surface area (TPSA) is 29.5 Å². The molecule has 2 rings (SSSR count). The maximum Gasteiger partial charge on any atom is 0.230 e. The summed E-state index contributed by atoms with van der Waals surface area (Å²) >= 11 is 0. The monoisotopic (exact) mass is 255 g/mol. The second-order valence-electron chi connectivity index (χ2n) is 4.29. The number of ether oxygens (including phenoxy) is 1. The van der Waals surface area contributed by atoms with Crippen LogP contribution in [-0.2, 0) is 9.53 Å². The van der Waals surface area contributed by atoms with E-state index in [0.29, 0.717) is 26.3 Å². The Labute approximate surface area is 104 Å². The Balaban J connectivity index is 2.19. The van der Waals surface area contributed by atoms with Gasteiger partial charge in [-0.3, -0.25) is 4.79 Å². The van der Waals surface area contributed by atoms with Crippen LogP contribution in [0, 0.1) is 11.6 Å². The third-order valence-corrected chi connectivity index (χ3v) is 3.13. The van der Waals surface area contributed by atoms with E-state index in [9.17, 15) is 13.6 Å². The zero-order valence-corrected chi connectivity index (χ0v) is 10.2. The van der Waals surface area contributed by atoms with Gasteiger partial charge in [0.15, 0.2) is 0 Å². The number of morpholine rings is 1. The first-order chi connectivity index (χ1) is 8.61. The van der Waals surface area contributed by atoms with E-state index in [1.807, 2.05) is 0 Å². The molecular weight excluding hydrogens is 240 g/mol. The molecule has 1 fully saturated rings. The minimum absolute atomic E-state index is 0.158. The predicted molar refractivity (Wildman–Crippen MR) is 62.2 cm³/mol.